The van der Waals surface area contributed by atoms with Gasteiger partial charge in [0.05, 0.1) is 11.3 Å². The zero-order valence-corrected chi connectivity index (χ0v) is 14.0. The molecule has 6 heteroatoms. The molecule has 0 aliphatic heterocycles. The van der Waals surface area contributed by atoms with Gasteiger partial charge in [0.1, 0.15) is 12.1 Å². The van der Waals surface area contributed by atoms with Gasteiger partial charge in [0.15, 0.2) is 5.76 Å². The molecule has 2 N–H and O–H groups in total. The van der Waals surface area contributed by atoms with Crippen LogP contribution < -0.4 is 5.73 Å². The van der Waals surface area contributed by atoms with Gasteiger partial charge < -0.3 is 10.3 Å². The second-order valence-corrected chi connectivity index (χ2v) is 6.04. The summed E-state index contributed by atoms with van der Waals surface area (Å²) in [6.45, 7) is 0. The Kier molecular flexibility index (Phi) is 4.38. The zero-order chi connectivity index (χ0) is 17.8. The second kappa shape index (κ2) is 7.14. The third-order valence-corrected chi connectivity index (χ3v) is 4.09. The lowest BCUT2D eigenvalue weighted by Crippen LogP contribution is -1.93. The Morgan fingerprint density at radius 3 is 2.35 bits per heavy atom. The molecule has 0 atom stereocenters. The topological polar surface area (TPSA) is 90.7 Å². The summed E-state index contributed by atoms with van der Waals surface area (Å²) >= 11 is 0. The van der Waals surface area contributed by atoms with E-state index in [4.69, 9.17) is 10.3 Å². The highest BCUT2D eigenvalue weighted by atomic mass is 16.5. The van der Waals surface area contributed by atoms with E-state index < -0.39 is 0 Å². The maximum Gasteiger partial charge on any atom is 0.170 e. The lowest BCUT2D eigenvalue weighted by atomic mass is 10.0. The van der Waals surface area contributed by atoms with Crippen LogP contribution in [-0.4, -0.2) is 20.1 Å². The number of benzene rings is 1. The number of anilines is 1. The molecule has 0 aliphatic rings. The SMILES string of the molecule is Nc1ncccc1-c1cc(Cc2ccc(Cc3cncnc3)cc2)no1. The van der Waals surface area contributed by atoms with E-state index in [-0.39, 0.29) is 0 Å². The molecular formula is C20H17N5O. The standard InChI is InChI=1S/C20H17N5O/c21-20-18(2-1-7-24-20)19-10-17(25-26-19)9-15-5-3-14(4-6-15)8-16-11-22-13-23-12-16/h1-7,10-13H,8-9H2,(H2,21,24). The van der Waals surface area contributed by atoms with Gasteiger partial charge in [-0.2, -0.15) is 0 Å². The van der Waals surface area contributed by atoms with Crippen molar-refractivity contribution in [2.75, 3.05) is 5.73 Å². The molecule has 0 unspecified atom stereocenters. The highest BCUT2D eigenvalue weighted by molar-refractivity contribution is 5.69. The number of nitrogens with zero attached hydrogens (tertiary/aromatic N) is 4. The minimum Gasteiger partial charge on any atom is -0.383 e. The van der Waals surface area contributed by atoms with E-state index in [2.05, 4.69) is 44.4 Å². The number of aromatic nitrogens is 4. The molecule has 0 aliphatic carbocycles. The Morgan fingerprint density at radius 2 is 1.62 bits per heavy atom. The molecule has 0 amide bonds. The fourth-order valence-corrected chi connectivity index (χ4v) is 2.79. The first-order valence-electron chi connectivity index (χ1n) is 8.26. The van der Waals surface area contributed by atoms with Crippen molar-refractivity contribution in [3.63, 3.8) is 0 Å². The van der Waals surface area contributed by atoms with Gasteiger partial charge in [-0.05, 0) is 28.8 Å². The van der Waals surface area contributed by atoms with Crippen molar-refractivity contribution in [3.8, 4) is 11.3 Å². The van der Waals surface area contributed by atoms with E-state index in [0.29, 0.717) is 18.0 Å². The van der Waals surface area contributed by atoms with Gasteiger partial charge in [-0.15, -0.1) is 0 Å². The van der Waals surface area contributed by atoms with Crippen LogP contribution in [0.3, 0.4) is 0 Å². The largest absolute Gasteiger partial charge is 0.383 e. The third kappa shape index (κ3) is 3.59. The molecule has 0 saturated carbocycles. The summed E-state index contributed by atoms with van der Waals surface area (Å²) in [6.07, 6.45) is 8.37. The van der Waals surface area contributed by atoms with Crippen molar-refractivity contribution < 1.29 is 4.52 Å². The van der Waals surface area contributed by atoms with Gasteiger partial charge >= 0.3 is 0 Å². The molecule has 3 aromatic heterocycles. The number of hydrogen-bond acceptors (Lipinski definition) is 6. The van der Waals surface area contributed by atoms with Gasteiger partial charge in [-0.25, -0.2) is 15.0 Å². The molecule has 0 fully saturated rings. The minimum atomic E-state index is 0.435. The van der Waals surface area contributed by atoms with Crippen LogP contribution in [0.15, 0.2) is 71.9 Å². The molecule has 6 nitrogen and oxygen atoms in total. The van der Waals surface area contributed by atoms with Crippen LogP contribution in [0, 0.1) is 0 Å². The van der Waals surface area contributed by atoms with Gasteiger partial charge in [0.25, 0.3) is 0 Å². The molecule has 0 bridgehead atoms. The number of rotatable bonds is 5. The molecule has 128 valence electrons. The quantitative estimate of drug-likeness (QED) is 0.598. The molecule has 1 aromatic carbocycles. The first kappa shape index (κ1) is 16.0. The smallest absolute Gasteiger partial charge is 0.170 e. The molecule has 4 rings (SSSR count). The van der Waals surface area contributed by atoms with Gasteiger partial charge in [0, 0.05) is 37.5 Å². The van der Waals surface area contributed by atoms with E-state index in [9.17, 15) is 0 Å². The Bertz CT molecular complexity index is 996. The van der Waals surface area contributed by atoms with Gasteiger partial charge in [-0.1, -0.05) is 29.4 Å². The summed E-state index contributed by atoms with van der Waals surface area (Å²) in [5.74, 6) is 1.07. The summed E-state index contributed by atoms with van der Waals surface area (Å²) in [4.78, 5) is 12.2. The number of nitrogens with two attached hydrogens (primary N) is 1. The predicted molar refractivity (Wildman–Crippen MR) is 98.2 cm³/mol. The van der Waals surface area contributed by atoms with Crippen LogP contribution in [0.5, 0.6) is 0 Å². The monoisotopic (exact) mass is 343 g/mol. The molecular weight excluding hydrogens is 326 g/mol. The number of hydrogen-bond donors (Lipinski definition) is 1. The summed E-state index contributed by atoms with van der Waals surface area (Å²) < 4.78 is 5.42. The second-order valence-electron chi connectivity index (χ2n) is 6.04. The van der Waals surface area contributed by atoms with Crippen molar-refractivity contribution in [1.82, 2.24) is 20.1 Å². The fraction of sp³-hybridized carbons (Fsp3) is 0.100. The lowest BCUT2D eigenvalue weighted by molar-refractivity contribution is 0.425. The van der Waals surface area contributed by atoms with Crippen molar-refractivity contribution in [2.45, 2.75) is 12.8 Å². The van der Waals surface area contributed by atoms with Crippen molar-refractivity contribution in [2.24, 2.45) is 0 Å². The van der Waals surface area contributed by atoms with E-state index in [1.807, 2.05) is 30.6 Å². The first-order chi connectivity index (χ1) is 12.8. The van der Waals surface area contributed by atoms with Crippen LogP contribution in [0.1, 0.15) is 22.4 Å². The van der Waals surface area contributed by atoms with Crippen molar-refractivity contribution >= 4 is 5.82 Å². The van der Waals surface area contributed by atoms with Crippen LogP contribution in [0.4, 0.5) is 5.82 Å². The number of nitrogen functional groups attached to an aromatic ring is 1. The van der Waals surface area contributed by atoms with Crippen LogP contribution >= 0.6 is 0 Å². The predicted octanol–water partition coefficient (Wildman–Crippen LogP) is 3.29. The van der Waals surface area contributed by atoms with Crippen LogP contribution in [0.2, 0.25) is 0 Å². The van der Waals surface area contributed by atoms with E-state index in [0.717, 1.165) is 28.8 Å². The Balaban J connectivity index is 1.46. The third-order valence-electron chi connectivity index (χ3n) is 4.09. The summed E-state index contributed by atoms with van der Waals surface area (Å²) in [5, 5.41) is 4.14. The highest BCUT2D eigenvalue weighted by Crippen LogP contribution is 2.25. The summed E-state index contributed by atoms with van der Waals surface area (Å²) in [6, 6.07) is 14.0. The highest BCUT2D eigenvalue weighted by Gasteiger charge is 2.10. The Morgan fingerprint density at radius 1 is 0.885 bits per heavy atom. The molecule has 3 heterocycles. The van der Waals surface area contributed by atoms with E-state index in [1.54, 1.807) is 6.20 Å². The van der Waals surface area contributed by atoms with Crippen molar-refractivity contribution in [1.29, 1.82) is 0 Å². The molecule has 0 spiro atoms. The maximum atomic E-state index is 5.89. The van der Waals surface area contributed by atoms with Crippen LogP contribution in [0.25, 0.3) is 11.3 Å². The Labute approximate surface area is 150 Å². The number of pyridine rings is 1. The summed E-state index contributed by atoms with van der Waals surface area (Å²) in [7, 11) is 0. The van der Waals surface area contributed by atoms with Crippen molar-refractivity contribution in [3.05, 3.63) is 89.8 Å². The zero-order valence-electron chi connectivity index (χ0n) is 14.0. The average molecular weight is 343 g/mol. The summed E-state index contributed by atoms with van der Waals surface area (Å²) in [5.41, 5.74) is 11.0. The van der Waals surface area contributed by atoms with Crippen LogP contribution in [-0.2, 0) is 12.8 Å². The minimum absolute atomic E-state index is 0.435. The first-order valence-corrected chi connectivity index (χ1v) is 8.26. The van der Waals surface area contributed by atoms with E-state index >= 15 is 0 Å². The lowest BCUT2D eigenvalue weighted by Gasteiger charge is -2.03. The van der Waals surface area contributed by atoms with Gasteiger partial charge in [-0.3, -0.25) is 0 Å². The average Bonchev–Trinajstić information content (AvgIpc) is 3.13. The maximum absolute atomic E-state index is 5.89. The van der Waals surface area contributed by atoms with E-state index in [1.165, 1.54) is 11.9 Å². The molecule has 0 saturated heterocycles. The molecule has 4 aromatic rings. The fourth-order valence-electron chi connectivity index (χ4n) is 2.79. The molecule has 26 heavy (non-hydrogen) atoms. The normalized spacial score (nSPS) is 10.8. The molecule has 0 radical (unpaired) electrons. The Hall–Kier alpha value is -3.54. The van der Waals surface area contributed by atoms with Gasteiger partial charge in [0.2, 0.25) is 0 Å².